The van der Waals surface area contributed by atoms with Crippen LogP contribution in [0.4, 0.5) is 0 Å². The van der Waals surface area contributed by atoms with Crippen LogP contribution in [0.2, 0.25) is 0 Å². The first kappa shape index (κ1) is 10.5. The van der Waals surface area contributed by atoms with Gasteiger partial charge in [0.1, 0.15) is 0 Å². The van der Waals surface area contributed by atoms with E-state index in [9.17, 15) is 4.57 Å². The van der Waals surface area contributed by atoms with Gasteiger partial charge in [-0.1, -0.05) is 0 Å². The molecular weight excluding hydrogens is 174 g/mol. The predicted molar refractivity (Wildman–Crippen MR) is 43.7 cm³/mol. The van der Waals surface area contributed by atoms with Crippen LogP contribution in [0.3, 0.4) is 0 Å². The predicted octanol–water partition coefficient (Wildman–Crippen LogP) is 1.08. The van der Waals surface area contributed by atoms with E-state index in [4.69, 9.17) is 9.79 Å². The standard InChI is InChI=1S/C4H14O4P2/c1-10(2,3,4)8-9(5,6)7/h1-4H3,(H2,5,6,7). The van der Waals surface area contributed by atoms with E-state index in [-0.39, 0.29) is 0 Å². The summed E-state index contributed by atoms with van der Waals surface area (Å²) in [7, 11) is -4.29. The Morgan fingerprint density at radius 1 is 1.20 bits per heavy atom. The third-order valence-corrected chi connectivity index (χ3v) is 3.90. The van der Waals surface area contributed by atoms with E-state index >= 15 is 0 Å². The van der Waals surface area contributed by atoms with Gasteiger partial charge in [-0.25, -0.2) is 0 Å². The normalized spacial score (nSPS) is 18.0. The Morgan fingerprint density at radius 3 is 1.50 bits per heavy atom. The third-order valence-electron chi connectivity index (χ3n) is 0.433. The van der Waals surface area contributed by atoms with E-state index in [2.05, 4.69) is 4.31 Å². The molecule has 0 spiro atoms. The molecule has 0 rings (SSSR count). The third kappa shape index (κ3) is 8.54. The Labute approximate surface area is 60.8 Å². The van der Waals surface area contributed by atoms with Crippen molar-refractivity contribution in [2.45, 2.75) is 0 Å². The molecule has 64 valence electrons. The zero-order valence-corrected chi connectivity index (χ0v) is 8.39. The maximum absolute atomic E-state index is 10.4. The molecule has 2 N–H and O–H groups in total. The van der Waals surface area contributed by atoms with Crippen molar-refractivity contribution in [1.82, 2.24) is 0 Å². The van der Waals surface area contributed by atoms with Gasteiger partial charge >= 0.3 is 60.0 Å². The number of phosphoric acid groups is 1. The van der Waals surface area contributed by atoms with Gasteiger partial charge < -0.3 is 0 Å². The summed E-state index contributed by atoms with van der Waals surface area (Å²) in [6.07, 6.45) is 0. The summed E-state index contributed by atoms with van der Waals surface area (Å²) in [6, 6.07) is 0. The second-order valence-corrected chi connectivity index (χ2v) is 12.4. The van der Waals surface area contributed by atoms with Gasteiger partial charge in [-0.05, 0) is 0 Å². The molecule has 4 nitrogen and oxygen atoms in total. The fourth-order valence-corrected chi connectivity index (χ4v) is 3.83. The summed E-state index contributed by atoms with van der Waals surface area (Å²) in [5.41, 5.74) is 0. The quantitative estimate of drug-likeness (QED) is 0.636. The van der Waals surface area contributed by atoms with Crippen LogP contribution in [-0.4, -0.2) is 36.4 Å². The van der Waals surface area contributed by atoms with Crippen LogP contribution in [0.5, 0.6) is 0 Å². The molecule has 0 radical (unpaired) electrons. The van der Waals surface area contributed by atoms with Crippen LogP contribution in [0, 0.1) is 0 Å². The molecule has 0 saturated heterocycles. The summed E-state index contributed by atoms with van der Waals surface area (Å²) in [5, 5.41) is 0. The first-order valence-electron chi connectivity index (χ1n) is 2.74. The van der Waals surface area contributed by atoms with Crippen LogP contribution in [-0.2, 0) is 8.88 Å². The first-order valence-corrected chi connectivity index (χ1v) is 8.21. The number of hydrogen-bond acceptors (Lipinski definition) is 2. The van der Waals surface area contributed by atoms with Gasteiger partial charge in [0.05, 0.1) is 0 Å². The molecule has 0 aromatic rings. The summed E-state index contributed by atoms with van der Waals surface area (Å²) in [5.74, 6) is 0. The minimum atomic E-state index is -4.29. The van der Waals surface area contributed by atoms with Crippen molar-refractivity contribution >= 4 is 14.7 Å². The summed E-state index contributed by atoms with van der Waals surface area (Å²) < 4.78 is 15.0. The van der Waals surface area contributed by atoms with Gasteiger partial charge in [0.2, 0.25) is 0 Å². The van der Waals surface area contributed by atoms with Crippen molar-refractivity contribution in [3.8, 4) is 0 Å². The molecule has 0 atom stereocenters. The van der Waals surface area contributed by atoms with Gasteiger partial charge in [0.15, 0.2) is 0 Å². The molecule has 0 aliphatic carbocycles. The molecule has 6 heteroatoms. The molecule has 0 fully saturated rings. The summed E-state index contributed by atoms with van der Waals surface area (Å²) >= 11 is 0. The topological polar surface area (TPSA) is 66.8 Å². The second kappa shape index (κ2) is 2.26. The van der Waals surface area contributed by atoms with Gasteiger partial charge in [-0.2, -0.15) is 0 Å². The van der Waals surface area contributed by atoms with Crippen LogP contribution in [0.15, 0.2) is 0 Å². The SMILES string of the molecule is CP(C)(C)(C)OP(=O)(O)O. The van der Waals surface area contributed by atoms with Crippen LogP contribution in [0.25, 0.3) is 0 Å². The fourth-order valence-electron chi connectivity index (χ4n) is 0.425. The van der Waals surface area contributed by atoms with Crippen LogP contribution in [0.1, 0.15) is 0 Å². The second-order valence-electron chi connectivity index (χ2n) is 3.99. The Bertz CT molecular complexity index is 164. The van der Waals surface area contributed by atoms with E-state index in [1.807, 2.05) is 0 Å². The summed E-state index contributed by atoms with van der Waals surface area (Å²) in [6.45, 7) is 4.40. The zero-order chi connectivity index (χ0) is 8.65. The van der Waals surface area contributed by atoms with Crippen LogP contribution >= 0.6 is 14.7 Å². The van der Waals surface area contributed by atoms with E-state index in [0.717, 1.165) is 0 Å². The number of rotatable bonds is 2. The molecule has 0 saturated carbocycles. The van der Waals surface area contributed by atoms with Gasteiger partial charge in [-0.3, -0.25) is 0 Å². The van der Waals surface area contributed by atoms with Crippen LogP contribution < -0.4 is 0 Å². The molecule has 0 aromatic heterocycles. The van der Waals surface area contributed by atoms with E-state index in [0.29, 0.717) is 0 Å². The fraction of sp³-hybridized carbons (Fsp3) is 1.00. The molecular formula is C4H14O4P2. The molecule has 10 heavy (non-hydrogen) atoms. The zero-order valence-electron chi connectivity index (χ0n) is 6.61. The Kier molecular flexibility index (Phi) is 2.38. The average Bonchev–Trinajstić information content (AvgIpc) is 1.09. The summed E-state index contributed by atoms with van der Waals surface area (Å²) in [4.78, 5) is 16.9. The van der Waals surface area contributed by atoms with Crippen molar-refractivity contribution in [2.24, 2.45) is 0 Å². The molecule has 0 bridgehead atoms. The Hall–Kier alpha value is 0.540. The molecule has 0 aliphatic heterocycles. The monoisotopic (exact) mass is 188 g/mol. The molecule has 0 aromatic carbocycles. The first-order chi connectivity index (χ1) is 3.96. The van der Waals surface area contributed by atoms with Crippen molar-refractivity contribution in [3.05, 3.63) is 0 Å². The van der Waals surface area contributed by atoms with E-state index in [1.165, 1.54) is 0 Å². The van der Waals surface area contributed by atoms with Crippen molar-refractivity contribution in [1.29, 1.82) is 0 Å². The van der Waals surface area contributed by atoms with Crippen molar-refractivity contribution < 1.29 is 18.7 Å². The van der Waals surface area contributed by atoms with Gasteiger partial charge in [0, 0.05) is 0 Å². The molecule has 0 unspecified atom stereocenters. The Balaban J connectivity index is 4.33. The van der Waals surface area contributed by atoms with E-state index in [1.54, 1.807) is 26.7 Å². The molecule has 0 aliphatic rings. The van der Waals surface area contributed by atoms with Crippen molar-refractivity contribution in [2.75, 3.05) is 26.7 Å². The van der Waals surface area contributed by atoms with Gasteiger partial charge in [-0.15, -0.1) is 0 Å². The molecule has 0 amide bonds. The average molecular weight is 188 g/mol. The van der Waals surface area contributed by atoms with E-state index < -0.39 is 14.7 Å². The minimum absolute atomic E-state index is 1.73. The number of hydrogen-bond donors (Lipinski definition) is 2. The molecule has 0 heterocycles. The maximum atomic E-state index is 10.4. The van der Waals surface area contributed by atoms with Crippen molar-refractivity contribution in [3.63, 3.8) is 0 Å². The Morgan fingerprint density at radius 2 is 1.50 bits per heavy atom. The van der Waals surface area contributed by atoms with Gasteiger partial charge in [0.25, 0.3) is 0 Å².